The van der Waals surface area contributed by atoms with E-state index in [1.807, 2.05) is 60.5 Å². The van der Waals surface area contributed by atoms with Crippen molar-refractivity contribution in [3.8, 4) is 0 Å². The lowest BCUT2D eigenvalue weighted by Gasteiger charge is -2.50. The second kappa shape index (κ2) is 17.7. The molecule has 2 unspecified atom stereocenters. The van der Waals surface area contributed by atoms with Crippen LogP contribution in [0, 0.1) is 29.6 Å². The highest BCUT2D eigenvalue weighted by Crippen LogP contribution is 2.42. The van der Waals surface area contributed by atoms with Crippen LogP contribution >= 0.6 is 0 Å². The summed E-state index contributed by atoms with van der Waals surface area (Å²) in [7, 11) is 6.88. The Morgan fingerprint density at radius 2 is 1.46 bits per heavy atom. The molecule has 3 heterocycles. The normalized spacial score (nSPS) is 49.0. The van der Waals surface area contributed by atoms with Gasteiger partial charge in [-0.05, 0) is 80.8 Å². The summed E-state index contributed by atoms with van der Waals surface area (Å²) >= 11 is 0. The van der Waals surface area contributed by atoms with E-state index in [4.69, 9.17) is 33.2 Å². The Kier molecular flexibility index (Phi) is 15.3. The quantitative estimate of drug-likeness (QED) is 0.309. The van der Waals surface area contributed by atoms with Crippen molar-refractivity contribution in [2.45, 2.75) is 180 Å². The Bertz CT molecular complexity index is 1190. The van der Waals surface area contributed by atoms with E-state index in [0.29, 0.717) is 12.8 Å². The van der Waals surface area contributed by atoms with Crippen molar-refractivity contribution >= 4 is 11.8 Å². The number of Topliss-reactive ketones (excluding diaryl/α,β-unsaturated/α-hetero) is 1. The van der Waals surface area contributed by atoms with Gasteiger partial charge in [0.2, 0.25) is 0 Å². The molecule has 18 atom stereocenters. The molecule has 13 nitrogen and oxygen atoms in total. The number of rotatable bonds is 8. The predicted molar refractivity (Wildman–Crippen MR) is 194 cm³/mol. The minimum Gasteiger partial charge on any atom is -0.459 e. The molecule has 3 N–H and O–H groups in total. The molecule has 0 radical (unpaired) electrons. The van der Waals surface area contributed by atoms with Crippen LogP contribution < -0.4 is 0 Å². The van der Waals surface area contributed by atoms with Crippen LogP contribution in [-0.2, 0) is 42.7 Å². The van der Waals surface area contributed by atoms with Gasteiger partial charge in [-0.2, -0.15) is 0 Å². The summed E-state index contributed by atoms with van der Waals surface area (Å²) in [5.74, 6) is -3.93. The fraction of sp³-hybridized carbons (Fsp3) is 0.949. The Labute approximate surface area is 312 Å². The molecule has 3 rings (SSSR count). The van der Waals surface area contributed by atoms with E-state index in [2.05, 4.69) is 0 Å². The lowest BCUT2D eigenvalue weighted by Crippen LogP contribution is -2.61. The SMILES string of the molecule is CCC1OC(=O)[C@H](C)C(O[C@H]2C[C@@](C)(OC)[C@@H](O)[C@H](C)O2)[C@H](C)[C@@H](O[C@@H]2O[C@H](C)C[C@H](N(C)C)[C@H]2O)[C@](C)(OC)C[C@@H](C)C(=O)[C@H](C)[C@@H](C)[C@]1(C)O. The minimum absolute atomic E-state index is 0.0703. The van der Waals surface area contributed by atoms with Crippen LogP contribution in [-0.4, -0.2) is 138 Å². The van der Waals surface area contributed by atoms with Crippen LogP contribution in [0.25, 0.3) is 0 Å². The largest absolute Gasteiger partial charge is 0.459 e. The maximum atomic E-state index is 14.3. The molecule has 3 saturated heterocycles. The first-order valence-electron chi connectivity index (χ1n) is 19.2. The van der Waals surface area contributed by atoms with E-state index in [1.54, 1.807) is 41.7 Å². The van der Waals surface area contributed by atoms with Crippen LogP contribution in [0.3, 0.4) is 0 Å². The summed E-state index contributed by atoms with van der Waals surface area (Å²) in [5, 5.41) is 34.4. The predicted octanol–water partition coefficient (Wildman–Crippen LogP) is 3.71. The van der Waals surface area contributed by atoms with Crippen molar-refractivity contribution in [2.75, 3.05) is 28.3 Å². The van der Waals surface area contributed by atoms with Crippen molar-refractivity contribution in [1.29, 1.82) is 0 Å². The highest BCUT2D eigenvalue weighted by Gasteiger charge is 2.53. The first-order valence-corrected chi connectivity index (χ1v) is 19.2. The van der Waals surface area contributed by atoms with E-state index >= 15 is 0 Å². The average molecular weight is 746 g/mol. The van der Waals surface area contributed by atoms with Crippen LogP contribution in [0.2, 0.25) is 0 Å². The van der Waals surface area contributed by atoms with Crippen molar-refractivity contribution in [2.24, 2.45) is 29.6 Å². The minimum atomic E-state index is -1.52. The van der Waals surface area contributed by atoms with E-state index in [9.17, 15) is 24.9 Å². The first-order chi connectivity index (χ1) is 24.0. The second-order valence-corrected chi connectivity index (χ2v) is 17.0. The summed E-state index contributed by atoms with van der Waals surface area (Å²) in [4.78, 5) is 30.3. The zero-order chi connectivity index (χ0) is 39.7. The fourth-order valence-electron chi connectivity index (χ4n) is 8.78. The van der Waals surface area contributed by atoms with Crippen LogP contribution in [0.1, 0.15) is 102 Å². The van der Waals surface area contributed by atoms with Crippen molar-refractivity contribution in [1.82, 2.24) is 4.90 Å². The standard InChI is InChI=1S/C39H71NO12/c1-16-28-39(11,45)25(7)22(4)30(41)20(2)18-38(10,47-15)34(52-36-31(42)27(40(12)13)17-21(3)48-36)23(5)32(24(6)35(44)50-28)51-29-19-37(9,46-14)33(43)26(8)49-29/h20-29,31-34,36,42-43,45H,16-19H2,1-15H3/t20-,21-,22-,23+,24-,25-,26+,27+,28?,29+,31-,32?,33+,34-,36+,37-,38-,39+/m1/s1. The molecule has 0 spiro atoms. The first kappa shape index (κ1) is 45.1. The van der Waals surface area contributed by atoms with Gasteiger partial charge >= 0.3 is 5.97 Å². The zero-order valence-corrected chi connectivity index (χ0v) is 34.5. The fourth-order valence-corrected chi connectivity index (χ4v) is 8.78. The number of aliphatic hydroxyl groups excluding tert-OH is 2. The topological polar surface area (TPSA) is 163 Å². The molecule has 0 aromatic rings. The molecule has 0 aliphatic carbocycles. The lowest BCUT2D eigenvalue weighted by molar-refractivity contribution is -0.319. The third-order valence-electron chi connectivity index (χ3n) is 12.9. The van der Waals surface area contributed by atoms with Gasteiger partial charge in [-0.15, -0.1) is 0 Å². The van der Waals surface area contributed by atoms with Gasteiger partial charge in [0.25, 0.3) is 0 Å². The van der Waals surface area contributed by atoms with Gasteiger partial charge in [0.05, 0.1) is 41.5 Å². The maximum Gasteiger partial charge on any atom is 0.311 e. The van der Waals surface area contributed by atoms with Crippen molar-refractivity contribution < 1.29 is 58.1 Å². The van der Waals surface area contributed by atoms with Gasteiger partial charge in [0.15, 0.2) is 12.6 Å². The Hall–Kier alpha value is -1.26. The summed E-state index contributed by atoms with van der Waals surface area (Å²) in [6.07, 6.45) is -6.28. The zero-order valence-electron chi connectivity index (χ0n) is 34.5. The molecule has 3 fully saturated rings. The smallest absolute Gasteiger partial charge is 0.311 e. The molecular weight excluding hydrogens is 674 g/mol. The molecule has 0 amide bonds. The van der Waals surface area contributed by atoms with E-state index < -0.39 is 102 Å². The highest BCUT2D eigenvalue weighted by atomic mass is 16.7. The molecule has 0 aromatic heterocycles. The van der Waals surface area contributed by atoms with Gasteiger partial charge in [-0.25, -0.2) is 0 Å². The molecule has 52 heavy (non-hydrogen) atoms. The number of ketones is 1. The van der Waals surface area contributed by atoms with Crippen LogP contribution in [0.15, 0.2) is 0 Å². The highest BCUT2D eigenvalue weighted by molar-refractivity contribution is 5.83. The van der Waals surface area contributed by atoms with Crippen LogP contribution in [0.4, 0.5) is 0 Å². The summed E-state index contributed by atoms with van der Waals surface area (Å²) < 4.78 is 44.3. The van der Waals surface area contributed by atoms with E-state index in [-0.39, 0.29) is 30.8 Å². The number of nitrogens with zero attached hydrogens (tertiary/aromatic N) is 1. The number of ether oxygens (including phenoxy) is 7. The molecular formula is C39H71NO12. The maximum absolute atomic E-state index is 14.3. The molecule has 3 aliphatic rings. The average Bonchev–Trinajstić information content (AvgIpc) is 3.09. The Morgan fingerprint density at radius 3 is 2.00 bits per heavy atom. The number of likely N-dealkylation sites (N-methyl/N-ethyl adjacent to an activating group) is 1. The van der Waals surface area contributed by atoms with Gasteiger partial charge in [0.1, 0.15) is 29.7 Å². The summed E-state index contributed by atoms with van der Waals surface area (Å²) in [5.41, 5.74) is -3.69. The summed E-state index contributed by atoms with van der Waals surface area (Å²) in [6.45, 7) is 19.8. The number of hydrogen-bond acceptors (Lipinski definition) is 13. The number of carbonyl (C=O) groups excluding carboxylic acids is 2. The second-order valence-electron chi connectivity index (χ2n) is 17.0. The van der Waals surface area contributed by atoms with Gasteiger partial charge in [-0.3, -0.25) is 9.59 Å². The summed E-state index contributed by atoms with van der Waals surface area (Å²) in [6, 6.07) is -0.255. The van der Waals surface area contributed by atoms with Crippen LogP contribution in [0.5, 0.6) is 0 Å². The molecule has 3 aliphatic heterocycles. The Balaban J connectivity index is 2.22. The number of hydrogen-bond donors (Lipinski definition) is 3. The lowest BCUT2D eigenvalue weighted by atomic mass is 9.71. The number of aliphatic hydroxyl groups is 3. The van der Waals surface area contributed by atoms with Crippen molar-refractivity contribution in [3.05, 3.63) is 0 Å². The van der Waals surface area contributed by atoms with Crippen molar-refractivity contribution in [3.63, 3.8) is 0 Å². The molecule has 304 valence electrons. The number of cyclic esters (lactones) is 1. The third-order valence-corrected chi connectivity index (χ3v) is 12.9. The third kappa shape index (κ3) is 9.39. The Morgan fingerprint density at radius 1 is 0.865 bits per heavy atom. The molecule has 13 heteroatoms. The van der Waals surface area contributed by atoms with Gasteiger partial charge in [0, 0.05) is 44.4 Å². The number of esters is 1. The van der Waals surface area contributed by atoms with E-state index in [1.165, 1.54) is 7.11 Å². The van der Waals surface area contributed by atoms with Gasteiger partial charge in [-0.1, -0.05) is 34.6 Å². The number of carbonyl (C=O) groups is 2. The molecule has 0 bridgehead atoms. The van der Waals surface area contributed by atoms with E-state index in [0.717, 1.165) is 0 Å². The number of methoxy groups -OCH3 is 2. The molecule has 0 saturated carbocycles. The van der Waals surface area contributed by atoms with Gasteiger partial charge < -0.3 is 53.4 Å². The monoisotopic (exact) mass is 745 g/mol. The molecule has 0 aromatic carbocycles.